The number of aromatic carboxylic acids is 1. The average Bonchev–Trinajstić information content (AvgIpc) is 3.61. The van der Waals surface area contributed by atoms with Gasteiger partial charge in [0.25, 0.3) is 0 Å². The predicted molar refractivity (Wildman–Crippen MR) is 140 cm³/mol. The van der Waals surface area contributed by atoms with E-state index < -0.39 is 5.97 Å². The van der Waals surface area contributed by atoms with Crippen LogP contribution in [-0.2, 0) is 0 Å². The maximum atomic E-state index is 11.6. The minimum atomic E-state index is -0.918. The van der Waals surface area contributed by atoms with Crippen molar-refractivity contribution in [2.45, 2.75) is 18.8 Å². The largest absolute Gasteiger partial charge is 0.478 e. The van der Waals surface area contributed by atoms with E-state index in [1.807, 2.05) is 6.07 Å². The summed E-state index contributed by atoms with van der Waals surface area (Å²) in [6.45, 7) is 1.83. The highest BCUT2D eigenvalue weighted by molar-refractivity contribution is 7.22. The predicted octanol–water partition coefficient (Wildman–Crippen LogP) is 6.62. The summed E-state index contributed by atoms with van der Waals surface area (Å²) >= 11 is 14.3. The number of aromatic nitrogens is 3. The molecule has 10 heteroatoms. The van der Waals surface area contributed by atoms with E-state index >= 15 is 0 Å². The number of allylic oxidation sites excluding steroid dienone is 1. The van der Waals surface area contributed by atoms with Crippen LogP contribution < -0.4 is 4.90 Å². The van der Waals surface area contributed by atoms with E-state index in [-0.39, 0.29) is 0 Å². The molecule has 3 fully saturated rings. The molecule has 0 bridgehead atoms. The summed E-state index contributed by atoms with van der Waals surface area (Å²) in [5.74, 6) is 1.96. The van der Waals surface area contributed by atoms with Gasteiger partial charge in [0.05, 0.1) is 25.8 Å². The maximum absolute atomic E-state index is 11.6. The summed E-state index contributed by atoms with van der Waals surface area (Å²) in [6.07, 6.45) is 9.76. The molecule has 1 N–H and O–H groups in total. The molecule has 1 aromatic carbocycles. The highest BCUT2D eigenvalue weighted by atomic mass is 35.5. The first-order chi connectivity index (χ1) is 17.5. The Morgan fingerprint density at radius 3 is 2.61 bits per heavy atom. The fraction of sp³-hybridized carbons (Fsp3) is 0.308. The van der Waals surface area contributed by atoms with Gasteiger partial charge in [0, 0.05) is 42.5 Å². The van der Waals surface area contributed by atoms with Gasteiger partial charge in [0.2, 0.25) is 0 Å². The number of hydrogen-bond acceptors (Lipinski definition) is 7. The third-order valence-corrected chi connectivity index (χ3v) is 9.18. The van der Waals surface area contributed by atoms with Gasteiger partial charge in [-0.15, -0.1) is 0 Å². The van der Waals surface area contributed by atoms with Crippen molar-refractivity contribution in [3.8, 4) is 11.3 Å². The van der Waals surface area contributed by atoms with E-state index in [9.17, 15) is 9.90 Å². The van der Waals surface area contributed by atoms with Crippen LogP contribution in [0.3, 0.4) is 0 Å². The lowest BCUT2D eigenvalue weighted by molar-refractivity contribution is 0.0699. The Morgan fingerprint density at radius 1 is 1.17 bits per heavy atom. The standard InChI is InChI=1S/C26H20Cl2N4O3S/c27-18-8-29-9-19(28)21(18)22-14(23(35-31-22)12-4-5-12)7-6-13-16-10-32(11-17(13)16)26-30-20-3-1-2-15(25(33)34)24(20)36-26/h1-3,6-9,12-13,16-17H,4-5,10-11H2,(H,33,34)/b7-6+. The van der Waals surface area contributed by atoms with Gasteiger partial charge in [0.1, 0.15) is 11.5 Å². The van der Waals surface area contributed by atoms with E-state index in [1.54, 1.807) is 24.5 Å². The molecule has 7 rings (SSSR count). The van der Waals surface area contributed by atoms with Gasteiger partial charge in [-0.1, -0.05) is 57.9 Å². The number of halogens is 2. The quantitative estimate of drug-likeness (QED) is 0.294. The summed E-state index contributed by atoms with van der Waals surface area (Å²) in [5, 5.41) is 15.6. The first-order valence-corrected chi connectivity index (χ1v) is 13.4. The number of thiazole rings is 1. The molecule has 0 amide bonds. The number of carbonyl (C=O) groups is 1. The number of carboxylic acids is 1. The van der Waals surface area contributed by atoms with Crippen LogP contribution in [0, 0.1) is 17.8 Å². The fourth-order valence-corrected chi connectivity index (χ4v) is 7.02. The number of pyridine rings is 1. The van der Waals surface area contributed by atoms with E-state index in [2.05, 4.69) is 27.2 Å². The van der Waals surface area contributed by atoms with Crippen LogP contribution in [0.1, 0.15) is 40.4 Å². The first-order valence-electron chi connectivity index (χ1n) is 11.8. The zero-order chi connectivity index (χ0) is 24.6. The minimum absolute atomic E-state index is 0.312. The molecule has 36 heavy (non-hydrogen) atoms. The van der Waals surface area contributed by atoms with E-state index in [0.29, 0.717) is 50.5 Å². The van der Waals surface area contributed by atoms with Crippen LogP contribution in [0.2, 0.25) is 10.0 Å². The zero-order valence-electron chi connectivity index (χ0n) is 18.9. The van der Waals surface area contributed by atoms with Gasteiger partial charge >= 0.3 is 5.97 Å². The van der Waals surface area contributed by atoms with Crippen LogP contribution in [0.4, 0.5) is 5.13 Å². The summed E-state index contributed by atoms with van der Waals surface area (Å²) in [4.78, 5) is 22.6. The second-order valence-electron chi connectivity index (χ2n) is 9.69. The number of carboxylic acid groups (broad SMARTS) is 1. The van der Waals surface area contributed by atoms with E-state index in [4.69, 9.17) is 32.7 Å². The molecule has 3 aliphatic rings. The number of benzene rings is 1. The molecule has 182 valence electrons. The Kier molecular flexibility index (Phi) is 5.13. The van der Waals surface area contributed by atoms with Crippen molar-refractivity contribution in [3.05, 3.63) is 63.6 Å². The molecular weight excluding hydrogens is 519 g/mol. The molecule has 0 radical (unpaired) electrons. The SMILES string of the molecule is O=C(O)c1cccc2nc(N3CC4C(/C=C/c5c(-c6c(Cl)cncc6Cl)noc5C5CC5)C4C3)sc12. The number of rotatable bonds is 6. The van der Waals surface area contributed by atoms with Gasteiger partial charge in [-0.25, -0.2) is 9.78 Å². The summed E-state index contributed by atoms with van der Waals surface area (Å²) in [7, 11) is 0. The van der Waals surface area contributed by atoms with Crippen LogP contribution in [-0.4, -0.2) is 39.3 Å². The second-order valence-corrected chi connectivity index (χ2v) is 11.5. The summed E-state index contributed by atoms with van der Waals surface area (Å²) < 4.78 is 6.50. The van der Waals surface area contributed by atoms with Crippen molar-refractivity contribution < 1.29 is 14.4 Å². The lowest BCUT2D eigenvalue weighted by atomic mass is 10.0. The molecule has 3 aromatic heterocycles. The smallest absolute Gasteiger partial charge is 0.337 e. The molecule has 7 nitrogen and oxygen atoms in total. The molecule has 1 saturated heterocycles. The number of anilines is 1. The van der Waals surface area contributed by atoms with Crippen molar-refractivity contribution in [3.63, 3.8) is 0 Å². The Balaban J connectivity index is 1.12. The van der Waals surface area contributed by atoms with Crippen molar-refractivity contribution in [1.29, 1.82) is 0 Å². The number of hydrogen-bond donors (Lipinski definition) is 1. The highest BCUT2D eigenvalue weighted by Gasteiger charge is 2.54. The fourth-order valence-electron chi connectivity index (χ4n) is 5.39. The van der Waals surface area contributed by atoms with Crippen molar-refractivity contribution >= 4 is 61.9 Å². The molecule has 4 aromatic rings. The van der Waals surface area contributed by atoms with Gasteiger partial charge in [0.15, 0.2) is 5.13 Å². The van der Waals surface area contributed by atoms with Gasteiger partial charge in [-0.05, 0) is 42.7 Å². The van der Waals surface area contributed by atoms with Gasteiger partial charge in [-0.2, -0.15) is 0 Å². The highest BCUT2D eigenvalue weighted by Crippen LogP contribution is 2.55. The lowest BCUT2D eigenvalue weighted by Crippen LogP contribution is -2.23. The number of fused-ring (bicyclic) bond motifs is 2. The van der Waals surface area contributed by atoms with E-state index in [0.717, 1.165) is 52.6 Å². The Hall–Kier alpha value is -2.94. The molecule has 4 heterocycles. The van der Waals surface area contributed by atoms with Gasteiger partial charge in [-0.3, -0.25) is 4.98 Å². The number of piperidine rings is 1. The van der Waals surface area contributed by atoms with E-state index in [1.165, 1.54) is 11.3 Å². The minimum Gasteiger partial charge on any atom is -0.478 e. The molecule has 1 aliphatic heterocycles. The average molecular weight is 539 g/mol. The molecule has 2 saturated carbocycles. The van der Waals surface area contributed by atoms with Crippen LogP contribution >= 0.6 is 34.5 Å². The van der Waals surface area contributed by atoms with Crippen molar-refractivity contribution in [2.24, 2.45) is 17.8 Å². The Labute approximate surface area is 220 Å². The lowest BCUT2D eigenvalue weighted by Gasteiger charge is -2.17. The third kappa shape index (κ3) is 3.62. The van der Waals surface area contributed by atoms with Crippen molar-refractivity contribution in [1.82, 2.24) is 15.1 Å². The monoisotopic (exact) mass is 538 g/mol. The summed E-state index contributed by atoms with van der Waals surface area (Å²) in [6, 6.07) is 5.26. The molecule has 0 spiro atoms. The van der Waals surface area contributed by atoms with Crippen LogP contribution in [0.5, 0.6) is 0 Å². The van der Waals surface area contributed by atoms with Gasteiger partial charge < -0.3 is 14.5 Å². The summed E-state index contributed by atoms with van der Waals surface area (Å²) in [5.41, 5.74) is 3.34. The maximum Gasteiger partial charge on any atom is 0.337 e. The molecule has 2 atom stereocenters. The second kappa shape index (κ2) is 8.30. The molecule has 2 aliphatic carbocycles. The van der Waals surface area contributed by atoms with Crippen LogP contribution in [0.25, 0.3) is 27.6 Å². The van der Waals surface area contributed by atoms with Crippen LogP contribution in [0.15, 0.2) is 41.2 Å². The normalized spacial score (nSPS) is 23.1. The Morgan fingerprint density at radius 2 is 1.92 bits per heavy atom. The third-order valence-electron chi connectivity index (χ3n) is 7.44. The molecule has 2 unspecified atom stereocenters. The topological polar surface area (TPSA) is 92.3 Å². The molecular formula is C26H20Cl2N4O3S. The Bertz CT molecular complexity index is 1530. The number of nitrogens with zero attached hydrogens (tertiary/aromatic N) is 4. The van der Waals surface area contributed by atoms with Crippen molar-refractivity contribution in [2.75, 3.05) is 18.0 Å². The first kappa shape index (κ1) is 22.3. The zero-order valence-corrected chi connectivity index (χ0v) is 21.2.